The van der Waals surface area contributed by atoms with Crippen molar-refractivity contribution >= 4 is 29.5 Å². The second-order valence-corrected chi connectivity index (χ2v) is 32.2. The Balaban J connectivity index is 0.000000451. The van der Waals surface area contributed by atoms with E-state index in [1.54, 1.807) is 11.8 Å². The van der Waals surface area contributed by atoms with E-state index in [0.717, 1.165) is 61.0 Å². The number of aryl methyl sites for hydroxylation is 5. The van der Waals surface area contributed by atoms with E-state index in [4.69, 9.17) is 25.8 Å². The van der Waals surface area contributed by atoms with Crippen LogP contribution in [0, 0.1) is 13.8 Å². The van der Waals surface area contributed by atoms with Crippen LogP contribution >= 0.6 is 11.6 Å². The molecule has 0 unspecified atom stereocenters. The van der Waals surface area contributed by atoms with Gasteiger partial charge in [-0.05, 0) is 206 Å². The van der Waals surface area contributed by atoms with Gasteiger partial charge in [0.1, 0.15) is 13.2 Å². The number of halogens is 1. The van der Waals surface area contributed by atoms with E-state index in [9.17, 15) is 14.4 Å². The molecular weight excluding hydrogens is 1430 g/mol. The summed E-state index contributed by atoms with van der Waals surface area (Å²) in [5.74, 6) is 4.02. The summed E-state index contributed by atoms with van der Waals surface area (Å²) in [6, 6.07) is 76.8. The van der Waals surface area contributed by atoms with Gasteiger partial charge >= 0.3 is 17.9 Å². The van der Waals surface area contributed by atoms with Crippen molar-refractivity contribution in [3.63, 3.8) is 0 Å². The molecule has 1 heterocycles. The van der Waals surface area contributed by atoms with Gasteiger partial charge in [0.2, 0.25) is 0 Å². The lowest BCUT2D eigenvalue weighted by atomic mass is 9.90. The Kier molecular flexibility index (Phi) is 50.4. The number of hydrogen-bond acceptors (Lipinski definition) is 8. The first-order valence-corrected chi connectivity index (χ1v) is 42.1. The van der Waals surface area contributed by atoms with Crippen LogP contribution in [0.15, 0.2) is 237 Å². The van der Waals surface area contributed by atoms with Crippen LogP contribution in [0.4, 0.5) is 0 Å². The molecule has 0 amide bonds. The quantitative estimate of drug-likeness (QED) is 0.0413. The Morgan fingerprint density at radius 2 is 0.739 bits per heavy atom. The van der Waals surface area contributed by atoms with Gasteiger partial charge < -0.3 is 19.1 Å². The maximum atomic E-state index is 11.8. The predicted molar refractivity (Wildman–Crippen MR) is 494 cm³/mol. The van der Waals surface area contributed by atoms with Crippen LogP contribution in [0.2, 0.25) is 5.02 Å². The fourth-order valence-corrected chi connectivity index (χ4v) is 13.0. The first-order valence-electron chi connectivity index (χ1n) is 41.7. The van der Waals surface area contributed by atoms with Gasteiger partial charge in [0.15, 0.2) is 0 Å². The van der Waals surface area contributed by atoms with Crippen molar-refractivity contribution in [2.24, 2.45) is 0 Å². The number of carbonyl (C=O) groups excluding carboxylic acids is 3. The zero-order valence-corrected chi connectivity index (χ0v) is 74.9. The highest BCUT2D eigenvalue weighted by Crippen LogP contribution is 2.27. The lowest BCUT2D eigenvalue weighted by Gasteiger charge is -2.16. The molecule has 115 heavy (non-hydrogen) atoms. The molecule has 8 nitrogen and oxygen atoms in total. The van der Waals surface area contributed by atoms with E-state index in [0.29, 0.717) is 85.0 Å². The van der Waals surface area contributed by atoms with Gasteiger partial charge in [-0.2, -0.15) is 0 Å². The third kappa shape index (κ3) is 41.3. The Labute approximate surface area is 703 Å². The van der Waals surface area contributed by atoms with Gasteiger partial charge in [0.05, 0.1) is 24.5 Å². The largest absolute Gasteiger partial charge is 0.465 e. The van der Waals surface area contributed by atoms with Crippen LogP contribution < -0.4 is 0 Å². The van der Waals surface area contributed by atoms with E-state index < -0.39 is 0 Å². The van der Waals surface area contributed by atoms with Gasteiger partial charge in [0.25, 0.3) is 0 Å². The van der Waals surface area contributed by atoms with Crippen molar-refractivity contribution in [3.8, 4) is 0 Å². The minimum absolute atomic E-state index is 0. The molecule has 0 radical (unpaired) electrons. The molecule has 0 aliphatic heterocycles. The molecule has 9 aromatic carbocycles. The van der Waals surface area contributed by atoms with E-state index in [1.165, 1.54) is 84.8 Å². The number of carbonyl (C=O) groups is 3. The van der Waals surface area contributed by atoms with Crippen molar-refractivity contribution in [1.29, 1.82) is 0 Å². The van der Waals surface area contributed by atoms with E-state index >= 15 is 0 Å². The monoisotopic (exact) mass is 1580 g/mol. The van der Waals surface area contributed by atoms with Gasteiger partial charge in [-0.3, -0.25) is 19.4 Å². The highest BCUT2D eigenvalue weighted by molar-refractivity contribution is 6.30. The number of nitrogens with zero attached hydrogens (tertiary/aromatic N) is 2. The number of pyridine rings is 1. The maximum Gasteiger partial charge on any atom is 0.310 e. The van der Waals surface area contributed by atoms with Gasteiger partial charge in [-0.1, -0.05) is 376 Å². The Morgan fingerprint density at radius 3 is 1.12 bits per heavy atom. The molecule has 10 rings (SSSR count). The number of aromatic nitrogens is 1. The van der Waals surface area contributed by atoms with Crippen molar-refractivity contribution in [3.05, 3.63) is 348 Å². The number of rotatable bonds is 25. The molecule has 0 fully saturated rings. The van der Waals surface area contributed by atoms with Gasteiger partial charge in [-0.15, -0.1) is 0 Å². The third-order valence-corrected chi connectivity index (χ3v) is 19.7. The van der Waals surface area contributed by atoms with E-state index in [-0.39, 0.29) is 25.3 Å². The molecule has 0 aliphatic rings. The summed E-state index contributed by atoms with van der Waals surface area (Å²) in [6.07, 6.45) is 8.37. The highest BCUT2D eigenvalue weighted by Gasteiger charge is 2.13. The summed E-state index contributed by atoms with van der Waals surface area (Å²) in [4.78, 5) is 40.4. The summed E-state index contributed by atoms with van der Waals surface area (Å²) in [5, 5.41) is 0.714. The molecule has 0 aliphatic carbocycles. The van der Waals surface area contributed by atoms with Gasteiger partial charge in [-0.25, -0.2) is 0 Å². The Morgan fingerprint density at radius 1 is 0.374 bits per heavy atom. The molecule has 0 spiro atoms. The molecule has 0 bridgehead atoms. The lowest BCUT2D eigenvalue weighted by molar-refractivity contribution is -0.144. The molecule has 0 N–H and O–H groups in total. The van der Waals surface area contributed by atoms with Crippen LogP contribution in [0.1, 0.15) is 306 Å². The molecular formula is C106H145ClN2O6. The number of hydrogen-bond donors (Lipinski definition) is 0. The topological polar surface area (TPSA) is 95.0 Å². The SMILES string of the molecule is C.CC(=O)OCc1cccc(C(C)C)c1.CC(C)c1cccc(CCOC(=O)Cc2ccccc2)c1.CC(C)c1cccc(COC(=O)Cc2ccccc2)c1.CC(C)c1cncc(Cl)c1.CCN(C)Cc1cccc(C(C)C)c1.CCc1cccc(CC)c1C(C)C.CCc1ccccc1C(C)C.Cc1cccc(C)c1C(C)C. The minimum atomic E-state index is -0.236. The van der Waals surface area contributed by atoms with Crippen LogP contribution in [0.25, 0.3) is 0 Å². The zero-order chi connectivity index (χ0) is 84.7. The summed E-state index contributed by atoms with van der Waals surface area (Å²) in [6.45, 7) is 53.2. The number of esters is 3. The van der Waals surface area contributed by atoms with Crippen molar-refractivity contribution in [2.75, 3.05) is 20.2 Å². The first-order chi connectivity index (χ1) is 54.3. The zero-order valence-electron chi connectivity index (χ0n) is 74.1. The highest BCUT2D eigenvalue weighted by atomic mass is 35.5. The smallest absolute Gasteiger partial charge is 0.310 e. The summed E-state index contributed by atoms with van der Waals surface area (Å²) in [5.41, 5.74) is 25.1. The Hall–Kier alpha value is -9.21. The van der Waals surface area contributed by atoms with Crippen molar-refractivity contribution in [2.45, 2.75) is 272 Å². The predicted octanol–water partition coefficient (Wildman–Crippen LogP) is 28.6. The molecule has 622 valence electrons. The fraction of sp³-hybridized carbons (Fsp3) is 0.415. The molecule has 0 saturated heterocycles. The fourth-order valence-electron chi connectivity index (χ4n) is 12.9. The van der Waals surface area contributed by atoms with Gasteiger partial charge in [0, 0.05) is 32.3 Å². The number of ether oxygens (including phenoxy) is 3. The van der Waals surface area contributed by atoms with Crippen LogP contribution in [-0.4, -0.2) is 48.0 Å². The standard InChI is InChI=1S/C19H22O2.C18H20O2.C13H21N.C13H20.C12H16O2.2C11H16.C8H10ClN.CH4/c1-15(2)18-10-6-9-17(13-18)11-12-21-19(20)14-16-7-4-3-5-8-16;1-14(2)17-10-6-9-16(11-17)13-20-18(19)12-15-7-4-3-5-8-15;1-5-14(4)10-12-7-6-8-13(9-12)11(2)3;1-5-11-8-7-9-12(6-2)13(11)10(3)4;1-9(2)12-6-4-5-11(7-12)8-14-10(3)13;1-8(2)11-9(3)6-5-7-10(11)4;1-4-10-7-5-6-8-11(10)9(2)3;1-6(2)7-3-8(9)5-10-4-7;/h3-10,13,15H,11-12,14H2,1-2H3;3-11,14H,12-13H2,1-2H3;6-9,11H,5,10H2,1-4H3;7-10H,5-6H2,1-4H3;4-7,9H,8H2,1-3H3;5-8H,1-4H3;5-9H,4H2,1-3H3;3-6H,1-2H3;1H4. The van der Waals surface area contributed by atoms with E-state index in [2.05, 4.69) is 303 Å². The Bertz CT molecular complexity index is 4280. The lowest BCUT2D eigenvalue weighted by Crippen LogP contribution is -2.16. The molecule has 1 aromatic heterocycles. The summed E-state index contributed by atoms with van der Waals surface area (Å²) < 4.78 is 15.6. The molecule has 10 aromatic rings. The van der Waals surface area contributed by atoms with Crippen LogP contribution in [-0.2, 0) is 86.9 Å². The first kappa shape index (κ1) is 102. The third-order valence-electron chi connectivity index (χ3n) is 19.5. The molecule has 0 saturated carbocycles. The van der Waals surface area contributed by atoms with Crippen LogP contribution in [0.5, 0.6) is 0 Å². The minimum Gasteiger partial charge on any atom is -0.465 e. The average Bonchev–Trinajstić information content (AvgIpc) is 0.843. The second kappa shape index (κ2) is 56.9. The summed E-state index contributed by atoms with van der Waals surface area (Å²) >= 11 is 5.73. The number of benzene rings is 9. The maximum absolute atomic E-state index is 11.8. The second-order valence-electron chi connectivity index (χ2n) is 31.8. The molecule has 0 atom stereocenters. The summed E-state index contributed by atoms with van der Waals surface area (Å²) in [7, 11) is 2.15. The van der Waals surface area contributed by atoms with E-state index in [1.807, 2.05) is 97.2 Å². The van der Waals surface area contributed by atoms with Crippen LogP contribution in [0.3, 0.4) is 0 Å². The van der Waals surface area contributed by atoms with Crippen molar-refractivity contribution in [1.82, 2.24) is 9.88 Å². The normalized spacial score (nSPS) is 10.6. The average molecular weight is 1580 g/mol. The molecule has 9 heteroatoms. The van der Waals surface area contributed by atoms with Crippen molar-refractivity contribution < 1.29 is 28.6 Å².